The van der Waals surface area contributed by atoms with Gasteiger partial charge in [-0.1, -0.05) is 19.4 Å². The molecule has 14 heteroatoms. The van der Waals surface area contributed by atoms with E-state index in [1.807, 2.05) is 0 Å². The highest BCUT2D eigenvalue weighted by Gasteiger charge is 2.65. The van der Waals surface area contributed by atoms with E-state index >= 15 is 0 Å². The number of nitrogens with two attached hydrogens (primary N) is 1. The minimum Gasteiger partial charge on any atom is -0.475 e. The summed E-state index contributed by atoms with van der Waals surface area (Å²) in [5, 5.41) is 0. The van der Waals surface area contributed by atoms with E-state index < -0.39 is 62.6 Å². The van der Waals surface area contributed by atoms with Gasteiger partial charge in [0, 0.05) is 5.56 Å². The Bertz CT molecular complexity index is 819. The maximum Gasteiger partial charge on any atom is 0.430 e. The number of carbonyl (C=O) groups excluding carboxylic acids is 1. The standard InChI is InChI=1S/C13H11F8NO4S/c1-6-2-8(27(17,18,19,20)21)3-7-4-9(12(23)24-5-25-22)11(13(14,15)16)26-10(6)7/h2-4,11H,5,22H2,1H3. The fourth-order valence-electron chi connectivity index (χ4n) is 2.26. The van der Waals surface area contributed by atoms with E-state index in [0.29, 0.717) is 6.08 Å². The van der Waals surface area contributed by atoms with Crippen molar-refractivity contribution in [2.24, 2.45) is 5.90 Å². The van der Waals surface area contributed by atoms with E-state index in [4.69, 9.17) is 0 Å². The van der Waals surface area contributed by atoms with Crippen LogP contribution in [0.1, 0.15) is 11.1 Å². The average molecular weight is 429 g/mol. The average Bonchev–Trinajstić information content (AvgIpc) is 2.48. The third kappa shape index (κ3) is 4.62. The Morgan fingerprint density at radius 1 is 1.22 bits per heavy atom. The normalized spacial score (nSPS) is 19.9. The van der Waals surface area contributed by atoms with Crippen molar-refractivity contribution < 1.29 is 51.7 Å². The summed E-state index contributed by atoms with van der Waals surface area (Å²) >= 11 is 0. The highest BCUT2D eigenvalue weighted by Crippen LogP contribution is 3.02. The van der Waals surface area contributed by atoms with Gasteiger partial charge in [0.15, 0.2) is 0 Å². The number of fused-ring (bicyclic) bond motifs is 1. The third-order valence-electron chi connectivity index (χ3n) is 3.34. The van der Waals surface area contributed by atoms with Crippen molar-refractivity contribution in [2.75, 3.05) is 6.79 Å². The Labute approximate surface area is 146 Å². The smallest absolute Gasteiger partial charge is 0.430 e. The predicted octanol–water partition coefficient (Wildman–Crippen LogP) is 4.75. The van der Waals surface area contributed by atoms with Gasteiger partial charge in [-0.05, 0) is 30.7 Å². The fourth-order valence-corrected chi connectivity index (χ4v) is 3.01. The lowest BCUT2D eigenvalue weighted by atomic mass is 9.99. The Kier molecular flexibility index (Phi) is 4.50. The molecule has 0 saturated carbocycles. The molecule has 0 aromatic heterocycles. The zero-order chi connectivity index (χ0) is 20.9. The number of ether oxygens (including phenoxy) is 2. The minimum absolute atomic E-state index is 0.0206. The summed E-state index contributed by atoms with van der Waals surface area (Å²) in [6.07, 6.45) is -7.70. The van der Waals surface area contributed by atoms with Crippen molar-refractivity contribution in [2.45, 2.75) is 24.1 Å². The monoisotopic (exact) mass is 429 g/mol. The molecule has 0 amide bonds. The fraction of sp³-hybridized carbons (Fsp3) is 0.308. The second-order valence-corrected chi connectivity index (χ2v) is 7.89. The second kappa shape index (κ2) is 5.72. The molecule has 0 radical (unpaired) electrons. The van der Waals surface area contributed by atoms with Crippen molar-refractivity contribution in [3.05, 3.63) is 28.8 Å². The molecular weight excluding hydrogens is 418 g/mol. The van der Waals surface area contributed by atoms with Crippen molar-refractivity contribution >= 4 is 22.3 Å². The molecule has 27 heavy (non-hydrogen) atoms. The molecule has 2 rings (SSSR count). The van der Waals surface area contributed by atoms with Gasteiger partial charge in [-0.3, -0.25) is 4.84 Å². The number of halogens is 8. The number of aryl methyl sites for hydroxylation is 1. The Morgan fingerprint density at radius 2 is 1.81 bits per heavy atom. The minimum atomic E-state index is -10.1. The highest BCUT2D eigenvalue weighted by atomic mass is 32.5. The van der Waals surface area contributed by atoms with Gasteiger partial charge < -0.3 is 9.47 Å². The van der Waals surface area contributed by atoms with Crippen LogP contribution in [-0.4, -0.2) is 25.0 Å². The molecule has 0 saturated heterocycles. The predicted molar refractivity (Wildman–Crippen MR) is 77.3 cm³/mol. The Hall–Kier alpha value is -2.06. The number of esters is 1. The Balaban J connectivity index is 2.66. The maximum atomic E-state index is 13.2. The summed E-state index contributed by atoms with van der Waals surface area (Å²) in [5.74, 6) is 2.18. The molecule has 1 aromatic carbocycles. The molecule has 2 N–H and O–H groups in total. The van der Waals surface area contributed by atoms with E-state index in [1.165, 1.54) is 0 Å². The van der Waals surface area contributed by atoms with E-state index in [9.17, 15) is 37.4 Å². The number of hydrogen-bond donors (Lipinski definition) is 1. The van der Waals surface area contributed by atoms with Gasteiger partial charge in [0.1, 0.15) is 10.6 Å². The lowest BCUT2D eigenvalue weighted by Crippen LogP contribution is -2.41. The van der Waals surface area contributed by atoms with Crippen LogP contribution in [0.2, 0.25) is 0 Å². The molecule has 1 unspecified atom stereocenters. The van der Waals surface area contributed by atoms with Gasteiger partial charge in [-0.25, -0.2) is 10.7 Å². The van der Waals surface area contributed by atoms with Crippen LogP contribution in [0, 0.1) is 6.92 Å². The summed E-state index contributed by atoms with van der Waals surface area (Å²) < 4.78 is 113. The van der Waals surface area contributed by atoms with E-state index in [2.05, 4.69) is 20.2 Å². The van der Waals surface area contributed by atoms with Crippen LogP contribution in [-0.2, 0) is 14.4 Å². The molecule has 0 fully saturated rings. The summed E-state index contributed by atoms with van der Waals surface area (Å²) in [4.78, 5) is 13.3. The Morgan fingerprint density at radius 3 is 2.30 bits per heavy atom. The number of carbonyl (C=O) groups is 1. The first-order valence-electron chi connectivity index (χ1n) is 6.76. The number of benzene rings is 1. The largest absolute Gasteiger partial charge is 0.475 e. The highest BCUT2D eigenvalue weighted by molar-refractivity contribution is 8.45. The van der Waals surface area contributed by atoms with Crippen LogP contribution in [0.4, 0.5) is 32.6 Å². The van der Waals surface area contributed by atoms with E-state index in [0.717, 1.165) is 6.92 Å². The zero-order valence-corrected chi connectivity index (χ0v) is 14.0. The van der Waals surface area contributed by atoms with Crippen molar-refractivity contribution in [1.29, 1.82) is 0 Å². The zero-order valence-electron chi connectivity index (χ0n) is 13.2. The SMILES string of the molecule is Cc1cc(S(F)(F)(F)(F)F)cc2c1OC(C(F)(F)F)C(C(=O)OCON)=C2. The first kappa shape index (κ1) is 21.2. The maximum absolute atomic E-state index is 13.2. The first-order chi connectivity index (χ1) is 11.9. The van der Waals surface area contributed by atoms with Crippen molar-refractivity contribution in [1.82, 2.24) is 0 Å². The number of hydrogen-bond acceptors (Lipinski definition) is 5. The molecule has 1 aliphatic rings. The molecule has 0 spiro atoms. The molecule has 5 nitrogen and oxygen atoms in total. The van der Waals surface area contributed by atoms with Crippen LogP contribution in [0.25, 0.3) is 6.08 Å². The van der Waals surface area contributed by atoms with Gasteiger partial charge in [0.25, 0.3) is 0 Å². The van der Waals surface area contributed by atoms with Gasteiger partial charge in [0.2, 0.25) is 12.9 Å². The molecule has 1 aliphatic heterocycles. The molecular formula is C13H11F8NO4S. The molecule has 154 valence electrons. The van der Waals surface area contributed by atoms with Gasteiger partial charge in [-0.2, -0.15) is 13.2 Å². The topological polar surface area (TPSA) is 70.8 Å². The summed E-state index contributed by atoms with van der Waals surface area (Å²) in [6.45, 7) is -0.100. The van der Waals surface area contributed by atoms with E-state index in [1.54, 1.807) is 0 Å². The van der Waals surface area contributed by atoms with Gasteiger partial charge in [0.05, 0.1) is 5.57 Å². The summed E-state index contributed by atoms with van der Waals surface area (Å²) in [6, 6.07) is -0.115. The lowest BCUT2D eigenvalue weighted by molar-refractivity contribution is -0.190. The van der Waals surface area contributed by atoms with Crippen LogP contribution in [0.5, 0.6) is 5.75 Å². The van der Waals surface area contributed by atoms with Gasteiger partial charge >= 0.3 is 22.4 Å². The van der Waals surface area contributed by atoms with Crippen LogP contribution >= 0.6 is 10.2 Å². The molecule has 1 atom stereocenters. The van der Waals surface area contributed by atoms with Crippen LogP contribution in [0.3, 0.4) is 0 Å². The second-order valence-electron chi connectivity index (χ2n) is 5.48. The third-order valence-corrected chi connectivity index (χ3v) is 4.47. The van der Waals surface area contributed by atoms with Crippen molar-refractivity contribution in [3.8, 4) is 5.75 Å². The van der Waals surface area contributed by atoms with E-state index in [-0.39, 0.29) is 12.1 Å². The lowest BCUT2D eigenvalue weighted by Gasteiger charge is -2.41. The first-order valence-corrected chi connectivity index (χ1v) is 8.71. The quantitative estimate of drug-likeness (QED) is 0.324. The molecule has 1 aromatic rings. The summed E-state index contributed by atoms with van der Waals surface area (Å²) in [5.41, 5.74) is -2.68. The molecule has 0 aliphatic carbocycles. The van der Waals surface area contributed by atoms with Crippen LogP contribution in [0.15, 0.2) is 22.6 Å². The number of rotatable bonds is 4. The summed E-state index contributed by atoms with van der Waals surface area (Å²) in [7, 11) is -10.1. The van der Waals surface area contributed by atoms with Crippen molar-refractivity contribution in [3.63, 3.8) is 0 Å². The number of alkyl halides is 3. The molecule has 1 heterocycles. The molecule has 0 bridgehead atoms. The van der Waals surface area contributed by atoms with Crippen LogP contribution < -0.4 is 10.6 Å². The van der Waals surface area contributed by atoms with Gasteiger partial charge in [-0.15, -0.1) is 0 Å².